The third-order valence-electron chi connectivity index (χ3n) is 4.53. The van der Waals surface area contributed by atoms with Gasteiger partial charge in [-0.1, -0.05) is 5.21 Å². The Morgan fingerprint density at radius 3 is 2.50 bits per heavy atom. The van der Waals surface area contributed by atoms with Gasteiger partial charge in [0.05, 0.1) is 12.2 Å². The van der Waals surface area contributed by atoms with E-state index in [-0.39, 0.29) is 5.91 Å². The zero-order valence-corrected chi connectivity index (χ0v) is 11.5. The van der Waals surface area contributed by atoms with Crippen molar-refractivity contribution in [3.63, 3.8) is 0 Å². The van der Waals surface area contributed by atoms with Crippen molar-refractivity contribution in [1.82, 2.24) is 30.1 Å². The first-order valence-electron chi connectivity index (χ1n) is 7.47. The molecule has 1 aliphatic carbocycles. The standard InChI is InChI=1S/C13H20N6O/c20-13(12-9-19(16-15-12)11-7-14-8-11)18-5-3-17(4-6-18)10-1-2-10/h9-11,14H,1-8H2. The second kappa shape index (κ2) is 4.82. The Morgan fingerprint density at radius 1 is 1.15 bits per heavy atom. The molecule has 0 unspecified atom stereocenters. The van der Waals surface area contributed by atoms with E-state index < -0.39 is 0 Å². The maximum atomic E-state index is 12.4. The van der Waals surface area contributed by atoms with E-state index >= 15 is 0 Å². The van der Waals surface area contributed by atoms with Gasteiger partial charge >= 0.3 is 0 Å². The van der Waals surface area contributed by atoms with E-state index in [4.69, 9.17) is 0 Å². The van der Waals surface area contributed by atoms with Crippen molar-refractivity contribution in [2.75, 3.05) is 39.3 Å². The Bertz CT molecular complexity index is 499. The molecule has 1 N–H and O–H groups in total. The zero-order chi connectivity index (χ0) is 13.5. The number of carbonyl (C=O) groups is 1. The van der Waals surface area contributed by atoms with Crippen molar-refractivity contribution in [2.24, 2.45) is 0 Å². The van der Waals surface area contributed by atoms with E-state index in [0.29, 0.717) is 11.7 Å². The van der Waals surface area contributed by atoms with E-state index in [1.165, 1.54) is 12.8 Å². The average Bonchev–Trinajstić information content (AvgIpc) is 3.16. The summed E-state index contributed by atoms with van der Waals surface area (Å²) in [6.45, 7) is 5.45. The minimum absolute atomic E-state index is 0.0268. The number of amides is 1. The van der Waals surface area contributed by atoms with Gasteiger partial charge in [0.2, 0.25) is 0 Å². The van der Waals surface area contributed by atoms with Crippen LogP contribution in [0.2, 0.25) is 0 Å². The number of carbonyl (C=O) groups excluding carboxylic acids is 1. The van der Waals surface area contributed by atoms with E-state index in [1.807, 2.05) is 9.58 Å². The first-order chi connectivity index (χ1) is 9.81. The van der Waals surface area contributed by atoms with Gasteiger partial charge in [0.1, 0.15) is 0 Å². The summed E-state index contributed by atoms with van der Waals surface area (Å²) in [6.07, 6.45) is 4.45. The van der Waals surface area contributed by atoms with Gasteiger partial charge in [0, 0.05) is 45.3 Å². The fourth-order valence-electron chi connectivity index (χ4n) is 2.91. The Hall–Kier alpha value is -1.47. The third kappa shape index (κ3) is 2.20. The minimum atomic E-state index is 0.0268. The molecule has 0 radical (unpaired) electrons. The number of nitrogens with one attached hydrogen (secondary N) is 1. The maximum Gasteiger partial charge on any atom is 0.276 e. The lowest BCUT2D eigenvalue weighted by Gasteiger charge is -2.34. The van der Waals surface area contributed by atoms with E-state index in [0.717, 1.165) is 45.3 Å². The predicted molar refractivity (Wildman–Crippen MR) is 72.4 cm³/mol. The molecule has 1 amide bonds. The van der Waals surface area contributed by atoms with Crippen LogP contribution in [0.4, 0.5) is 0 Å². The number of hydrogen-bond donors (Lipinski definition) is 1. The molecule has 3 fully saturated rings. The highest BCUT2D eigenvalue weighted by atomic mass is 16.2. The Labute approximate surface area is 117 Å². The van der Waals surface area contributed by atoms with Crippen LogP contribution >= 0.6 is 0 Å². The van der Waals surface area contributed by atoms with Gasteiger partial charge in [-0.05, 0) is 12.8 Å². The molecule has 108 valence electrons. The molecule has 7 nitrogen and oxygen atoms in total. The summed E-state index contributed by atoms with van der Waals surface area (Å²) in [5, 5.41) is 11.3. The van der Waals surface area contributed by atoms with Crippen molar-refractivity contribution in [1.29, 1.82) is 0 Å². The molecule has 1 saturated carbocycles. The van der Waals surface area contributed by atoms with E-state index in [1.54, 1.807) is 6.20 Å². The second-order valence-electron chi connectivity index (χ2n) is 5.96. The molecular formula is C13H20N6O. The lowest BCUT2D eigenvalue weighted by atomic mass is 10.2. The Balaban J connectivity index is 1.38. The molecule has 0 atom stereocenters. The topological polar surface area (TPSA) is 66.3 Å². The fraction of sp³-hybridized carbons (Fsp3) is 0.769. The van der Waals surface area contributed by atoms with Crippen molar-refractivity contribution in [2.45, 2.75) is 24.9 Å². The number of rotatable bonds is 3. The third-order valence-corrected chi connectivity index (χ3v) is 4.53. The highest BCUT2D eigenvalue weighted by molar-refractivity contribution is 5.92. The van der Waals surface area contributed by atoms with E-state index in [2.05, 4.69) is 20.5 Å². The van der Waals surface area contributed by atoms with Crippen LogP contribution in [0.15, 0.2) is 6.20 Å². The Kier molecular flexibility index (Phi) is 2.96. The van der Waals surface area contributed by atoms with Crippen molar-refractivity contribution in [3.05, 3.63) is 11.9 Å². The molecule has 0 aromatic carbocycles. The van der Waals surface area contributed by atoms with Crippen LogP contribution in [0.3, 0.4) is 0 Å². The lowest BCUT2D eigenvalue weighted by molar-refractivity contribution is 0.0621. The normalized spacial score (nSPS) is 24.7. The molecule has 2 aliphatic heterocycles. The minimum Gasteiger partial charge on any atom is -0.335 e. The van der Waals surface area contributed by atoms with Crippen LogP contribution < -0.4 is 5.32 Å². The fourth-order valence-corrected chi connectivity index (χ4v) is 2.91. The van der Waals surface area contributed by atoms with Crippen LogP contribution in [-0.2, 0) is 0 Å². The second-order valence-corrected chi connectivity index (χ2v) is 5.96. The summed E-state index contributed by atoms with van der Waals surface area (Å²) in [7, 11) is 0. The van der Waals surface area contributed by atoms with Crippen molar-refractivity contribution >= 4 is 5.91 Å². The average molecular weight is 276 g/mol. The quantitative estimate of drug-likeness (QED) is 0.794. The summed E-state index contributed by atoms with van der Waals surface area (Å²) in [5.74, 6) is 0.0268. The maximum absolute atomic E-state index is 12.4. The first kappa shape index (κ1) is 12.3. The summed E-state index contributed by atoms with van der Waals surface area (Å²) in [5.41, 5.74) is 0.483. The van der Waals surface area contributed by atoms with Crippen LogP contribution in [0.1, 0.15) is 29.4 Å². The van der Waals surface area contributed by atoms with Gasteiger partial charge in [-0.2, -0.15) is 0 Å². The van der Waals surface area contributed by atoms with Crippen LogP contribution in [-0.4, -0.2) is 76.0 Å². The van der Waals surface area contributed by atoms with Gasteiger partial charge in [0.25, 0.3) is 5.91 Å². The molecule has 4 rings (SSSR count). The number of nitrogens with zero attached hydrogens (tertiary/aromatic N) is 5. The lowest BCUT2D eigenvalue weighted by Crippen LogP contribution is -2.49. The van der Waals surface area contributed by atoms with Gasteiger partial charge < -0.3 is 10.2 Å². The number of piperazine rings is 1. The van der Waals surface area contributed by atoms with Crippen LogP contribution in [0.5, 0.6) is 0 Å². The molecule has 0 spiro atoms. The first-order valence-corrected chi connectivity index (χ1v) is 7.47. The SMILES string of the molecule is O=C(c1cn(C2CNC2)nn1)N1CCN(C2CC2)CC1. The van der Waals surface area contributed by atoms with E-state index in [9.17, 15) is 4.79 Å². The smallest absolute Gasteiger partial charge is 0.276 e. The molecule has 3 aliphatic rings. The largest absolute Gasteiger partial charge is 0.335 e. The summed E-state index contributed by atoms with van der Waals surface area (Å²) >= 11 is 0. The summed E-state index contributed by atoms with van der Waals surface area (Å²) in [4.78, 5) is 16.8. The molecule has 1 aromatic rings. The van der Waals surface area contributed by atoms with Gasteiger partial charge in [-0.15, -0.1) is 5.10 Å². The molecule has 20 heavy (non-hydrogen) atoms. The molecule has 0 bridgehead atoms. The number of aromatic nitrogens is 3. The molecule has 2 saturated heterocycles. The van der Waals surface area contributed by atoms with Crippen molar-refractivity contribution < 1.29 is 4.79 Å². The molecule has 7 heteroatoms. The molecular weight excluding hydrogens is 256 g/mol. The van der Waals surface area contributed by atoms with Gasteiger partial charge in [0.15, 0.2) is 5.69 Å². The summed E-state index contributed by atoms with van der Waals surface area (Å²) in [6, 6.07) is 1.15. The number of hydrogen-bond acceptors (Lipinski definition) is 5. The molecule has 3 heterocycles. The van der Waals surface area contributed by atoms with Gasteiger partial charge in [-0.25, -0.2) is 4.68 Å². The summed E-state index contributed by atoms with van der Waals surface area (Å²) < 4.78 is 1.81. The van der Waals surface area contributed by atoms with Crippen molar-refractivity contribution in [3.8, 4) is 0 Å². The predicted octanol–water partition coefficient (Wildman–Crippen LogP) is -0.657. The zero-order valence-electron chi connectivity index (χ0n) is 11.5. The monoisotopic (exact) mass is 276 g/mol. The highest BCUT2D eigenvalue weighted by Crippen LogP contribution is 2.27. The highest BCUT2D eigenvalue weighted by Gasteiger charge is 2.33. The molecule has 1 aromatic heterocycles. The Morgan fingerprint density at radius 2 is 1.90 bits per heavy atom. The van der Waals surface area contributed by atoms with Gasteiger partial charge in [-0.3, -0.25) is 9.69 Å². The van der Waals surface area contributed by atoms with Crippen LogP contribution in [0, 0.1) is 0 Å². The van der Waals surface area contributed by atoms with Crippen LogP contribution in [0.25, 0.3) is 0 Å².